The summed E-state index contributed by atoms with van der Waals surface area (Å²) >= 11 is 5.26. The second-order valence-corrected chi connectivity index (χ2v) is 5.20. The van der Waals surface area contributed by atoms with Gasteiger partial charge in [-0.1, -0.05) is 49.5 Å². The quantitative estimate of drug-likeness (QED) is 0.611. The van der Waals surface area contributed by atoms with Gasteiger partial charge >= 0.3 is 11.9 Å². The van der Waals surface area contributed by atoms with Crippen LogP contribution >= 0.6 is 12.2 Å². The fourth-order valence-electron chi connectivity index (χ4n) is 2.06. The fourth-order valence-corrected chi connectivity index (χ4v) is 2.46. The molecule has 1 rings (SSSR count). The number of carbonyl (C=O) groups excluding carboxylic acids is 2. The Hall–Kier alpha value is -1.95. The highest BCUT2D eigenvalue weighted by Crippen LogP contribution is 2.10. The first-order valence-electron chi connectivity index (χ1n) is 7.03. The summed E-state index contributed by atoms with van der Waals surface area (Å²) in [6.07, 6.45) is 0.920. The summed E-state index contributed by atoms with van der Waals surface area (Å²) in [6, 6.07) is 8.88. The van der Waals surface area contributed by atoms with Crippen molar-refractivity contribution in [2.75, 3.05) is 14.2 Å². The maximum atomic E-state index is 11.9. The highest BCUT2D eigenvalue weighted by molar-refractivity contribution is 7.80. The molecule has 1 aromatic carbocycles. The van der Waals surface area contributed by atoms with Crippen molar-refractivity contribution in [3.8, 4) is 0 Å². The van der Waals surface area contributed by atoms with Crippen molar-refractivity contribution < 1.29 is 19.1 Å². The van der Waals surface area contributed by atoms with E-state index in [-0.39, 0.29) is 0 Å². The molecule has 0 aliphatic carbocycles. The first kappa shape index (κ1) is 18.1. The van der Waals surface area contributed by atoms with Gasteiger partial charge in [-0.15, -0.1) is 0 Å². The minimum absolute atomic E-state index is 0.292. The third-order valence-electron chi connectivity index (χ3n) is 3.30. The molecule has 0 heterocycles. The van der Waals surface area contributed by atoms with Crippen LogP contribution < -0.4 is 5.32 Å². The minimum Gasteiger partial charge on any atom is -0.468 e. The molecule has 0 fully saturated rings. The normalized spacial score (nSPS) is 12.9. The van der Waals surface area contributed by atoms with Gasteiger partial charge in [0.05, 0.1) is 19.2 Å². The van der Waals surface area contributed by atoms with E-state index in [2.05, 4.69) is 5.32 Å². The predicted octanol–water partition coefficient (Wildman–Crippen LogP) is 1.89. The lowest BCUT2D eigenvalue weighted by Crippen LogP contribution is -2.46. The van der Waals surface area contributed by atoms with Gasteiger partial charge in [-0.05, 0) is 12.0 Å². The number of esters is 2. The molecule has 0 spiro atoms. The summed E-state index contributed by atoms with van der Waals surface area (Å²) in [6.45, 7) is 1.83. The fraction of sp³-hybridized carbons (Fsp3) is 0.438. The molecule has 0 amide bonds. The lowest BCUT2D eigenvalue weighted by Gasteiger charge is -2.21. The van der Waals surface area contributed by atoms with Crippen molar-refractivity contribution in [2.24, 2.45) is 5.92 Å². The van der Waals surface area contributed by atoms with Gasteiger partial charge in [0.25, 0.3) is 0 Å². The zero-order valence-electron chi connectivity index (χ0n) is 13.0. The van der Waals surface area contributed by atoms with Gasteiger partial charge < -0.3 is 14.8 Å². The Balaban J connectivity index is 2.82. The molecule has 6 heteroatoms. The lowest BCUT2D eigenvalue weighted by molar-refractivity contribution is -0.144. The van der Waals surface area contributed by atoms with E-state index in [9.17, 15) is 9.59 Å². The Morgan fingerprint density at radius 1 is 1.14 bits per heavy atom. The number of hydrogen-bond donors (Lipinski definition) is 1. The minimum atomic E-state index is -0.640. The lowest BCUT2D eigenvalue weighted by atomic mass is 10.0. The monoisotopic (exact) mass is 323 g/mol. The van der Waals surface area contributed by atoms with Crippen LogP contribution in [0.4, 0.5) is 0 Å². The highest BCUT2D eigenvalue weighted by atomic mass is 32.1. The Morgan fingerprint density at radius 2 is 1.73 bits per heavy atom. The van der Waals surface area contributed by atoms with Crippen molar-refractivity contribution in [1.29, 1.82) is 0 Å². The molecular formula is C16H21NO4S. The highest BCUT2D eigenvalue weighted by Gasteiger charge is 2.27. The van der Waals surface area contributed by atoms with Gasteiger partial charge in [0, 0.05) is 6.42 Å². The molecule has 1 N–H and O–H groups in total. The summed E-state index contributed by atoms with van der Waals surface area (Å²) in [7, 11) is 2.64. The van der Waals surface area contributed by atoms with Gasteiger partial charge in [0.1, 0.15) is 12.0 Å². The van der Waals surface area contributed by atoms with E-state index in [0.717, 1.165) is 5.56 Å². The number of benzene rings is 1. The molecule has 22 heavy (non-hydrogen) atoms. The number of methoxy groups -OCH3 is 2. The largest absolute Gasteiger partial charge is 0.468 e. The van der Waals surface area contributed by atoms with Crippen molar-refractivity contribution in [1.82, 2.24) is 5.32 Å². The molecule has 0 aliphatic rings. The summed E-state index contributed by atoms with van der Waals surface area (Å²) in [5, 5.41) is 2.94. The zero-order valence-corrected chi connectivity index (χ0v) is 13.8. The molecular weight excluding hydrogens is 302 g/mol. The van der Waals surface area contributed by atoms with Crippen molar-refractivity contribution in [2.45, 2.75) is 25.8 Å². The molecule has 0 radical (unpaired) electrons. The van der Waals surface area contributed by atoms with Crippen LogP contribution in [0.15, 0.2) is 30.3 Å². The van der Waals surface area contributed by atoms with Crippen LogP contribution in [0, 0.1) is 5.92 Å². The maximum absolute atomic E-state index is 11.9. The van der Waals surface area contributed by atoms with E-state index in [1.54, 1.807) is 0 Å². The van der Waals surface area contributed by atoms with Gasteiger partial charge in [0.2, 0.25) is 0 Å². The van der Waals surface area contributed by atoms with Gasteiger partial charge in [-0.2, -0.15) is 0 Å². The van der Waals surface area contributed by atoms with Crippen molar-refractivity contribution >= 4 is 29.1 Å². The first-order chi connectivity index (χ1) is 10.5. The van der Waals surface area contributed by atoms with E-state index in [1.165, 1.54) is 14.2 Å². The van der Waals surface area contributed by atoms with Crippen LogP contribution in [0.25, 0.3) is 0 Å². The molecule has 0 saturated heterocycles. The third kappa shape index (κ3) is 5.11. The van der Waals surface area contributed by atoms with Crippen LogP contribution in [-0.2, 0) is 25.5 Å². The zero-order chi connectivity index (χ0) is 16.5. The average molecular weight is 323 g/mol. The van der Waals surface area contributed by atoms with Gasteiger partial charge in [-0.25, -0.2) is 4.79 Å². The molecule has 0 aliphatic heterocycles. The number of rotatable bonds is 7. The Bertz CT molecular complexity index is 518. The maximum Gasteiger partial charge on any atom is 0.328 e. The molecule has 5 nitrogen and oxygen atoms in total. The Labute approximate surface area is 136 Å². The Kier molecular flexibility index (Phi) is 7.52. The first-order valence-corrected chi connectivity index (χ1v) is 7.44. The van der Waals surface area contributed by atoms with Crippen LogP contribution in [0.1, 0.15) is 18.9 Å². The number of carbonyl (C=O) groups is 2. The molecule has 1 aromatic rings. The molecule has 2 atom stereocenters. The average Bonchev–Trinajstić information content (AvgIpc) is 2.54. The number of thiocarbonyl (C=S) groups is 1. The van der Waals surface area contributed by atoms with Crippen LogP contribution in [0.5, 0.6) is 0 Å². The summed E-state index contributed by atoms with van der Waals surface area (Å²) in [4.78, 5) is 23.9. The summed E-state index contributed by atoms with van der Waals surface area (Å²) in [5.41, 5.74) is 0.972. The third-order valence-corrected chi connectivity index (χ3v) is 3.70. The molecule has 0 saturated carbocycles. The van der Waals surface area contributed by atoms with E-state index in [0.29, 0.717) is 17.8 Å². The second kappa shape index (κ2) is 9.15. The van der Waals surface area contributed by atoms with E-state index in [1.807, 2.05) is 37.3 Å². The Morgan fingerprint density at radius 3 is 2.23 bits per heavy atom. The van der Waals surface area contributed by atoms with Crippen LogP contribution in [-0.4, -0.2) is 37.2 Å². The van der Waals surface area contributed by atoms with Gasteiger partial charge in [0.15, 0.2) is 0 Å². The molecule has 0 unspecified atom stereocenters. The molecule has 0 aromatic heterocycles. The van der Waals surface area contributed by atoms with Gasteiger partial charge in [-0.3, -0.25) is 4.79 Å². The smallest absolute Gasteiger partial charge is 0.328 e. The molecule has 120 valence electrons. The van der Waals surface area contributed by atoms with E-state index >= 15 is 0 Å². The molecule has 0 bridgehead atoms. The van der Waals surface area contributed by atoms with E-state index < -0.39 is 23.9 Å². The topological polar surface area (TPSA) is 64.6 Å². The van der Waals surface area contributed by atoms with Crippen molar-refractivity contribution in [3.63, 3.8) is 0 Å². The van der Waals surface area contributed by atoms with Crippen molar-refractivity contribution in [3.05, 3.63) is 35.9 Å². The summed E-state index contributed by atoms with van der Waals surface area (Å²) in [5.74, 6) is -1.41. The van der Waals surface area contributed by atoms with Crippen LogP contribution in [0.3, 0.4) is 0 Å². The second-order valence-electron chi connectivity index (χ2n) is 4.76. The standard InChI is InChI=1S/C16H21NO4S/c1-4-12(15(18)20-2)14(22)17-13(16(19)21-3)10-11-8-6-5-7-9-11/h5-9,12-13H,4,10H2,1-3H3,(H,17,22)/t12-,13+/m1/s1. The van der Waals surface area contributed by atoms with Crippen LogP contribution in [0.2, 0.25) is 0 Å². The number of hydrogen-bond acceptors (Lipinski definition) is 5. The summed E-state index contributed by atoms with van der Waals surface area (Å²) < 4.78 is 9.54. The predicted molar refractivity (Wildman–Crippen MR) is 87.5 cm³/mol. The number of nitrogens with one attached hydrogen (secondary N) is 1. The van der Waals surface area contributed by atoms with E-state index in [4.69, 9.17) is 21.7 Å². The SMILES string of the molecule is CC[C@@H](C(=O)OC)C(=S)N[C@@H](Cc1ccccc1)C(=O)OC. The number of ether oxygens (including phenoxy) is 2.